The van der Waals surface area contributed by atoms with E-state index in [0.29, 0.717) is 0 Å². The zero-order valence-corrected chi connectivity index (χ0v) is 12.0. The molecule has 0 radical (unpaired) electrons. The normalized spacial score (nSPS) is 16.5. The van der Waals surface area contributed by atoms with Crippen molar-refractivity contribution in [3.8, 4) is 0 Å². The molecule has 0 aromatic heterocycles. The molecular weight excluding hydrogens is 266 g/mol. The first-order valence-electron chi connectivity index (χ1n) is 6.69. The highest BCUT2D eigenvalue weighted by atomic mass is 16.3. The zero-order chi connectivity index (χ0) is 15.6. The maximum atomic E-state index is 12.1. The molecule has 0 spiro atoms. The molecule has 1 aromatic rings. The molecule has 21 heavy (non-hydrogen) atoms. The van der Waals surface area contributed by atoms with E-state index < -0.39 is 11.6 Å². The predicted molar refractivity (Wildman–Crippen MR) is 81.2 cm³/mol. The van der Waals surface area contributed by atoms with Crippen LogP contribution in [-0.2, 0) is 9.59 Å². The number of benzene rings is 1. The Labute approximate surface area is 123 Å². The van der Waals surface area contributed by atoms with Gasteiger partial charge < -0.3 is 10.8 Å². The fraction of sp³-hybridized carbons (Fsp3) is 0.176. The van der Waals surface area contributed by atoms with E-state index in [1.807, 2.05) is 30.3 Å². The van der Waals surface area contributed by atoms with Crippen LogP contribution in [0.4, 0.5) is 0 Å². The molecule has 0 unspecified atom stereocenters. The topological polar surface area (TPSA) is 80.4 Å². The van der Waals surface area contributed by atoms with Gasteiger partial charge in [-0.05, 0) is 17.6 Å². The molecule has 4 heteroatoms. The highest BCUT2D eigenvalue weighted by Crippen LogP contribution is 2.27. The summed E-state index contributed by atoms with van der Waals surface area (Å²) in [7, 11) is 0. The van der Waals surface area contributed by atoms with E-state index in [1.54, 1.807) is 19.9 Å². The van der Waals surface area contributed by atoms with Crippen LogP contribution in [0.3, 0.4) is 0 Å². The van der Waals surface area contributed by atoms with E-state index in [0.717, 1.165) is 5.56 Å². The number of ketones is 2. The van der Waals surface area contributed by atoms with E-state index >= 15 is 0 Å². The summed E-state index contributed by atoms with van der Waals surface area (Å²) in [4.78, 5) is 24.2. The molecule has 0 bridgehead atoms. The summed E-state index contributed by atoms with van der Waals surface area (Å²) in [6, 6.07) is 9.32. The Morgan fingerprint density at radius 3 is 2.24 bits per heavy atom. The number of carbonyl (C=O) groups excluding carboxylic acids is 2. The number of rotatable bonds is 3. The average molecular weight is 283 g/mol. The van der Waals surface area contributed by atoms with Crippen LogP contribution < -0.4 is 5.73 Å². The standard InChI is InChI=1S/C17H17NO3/c1-10(2)13-16(20)14(18)12(15(19)17(13)21)9-8-11-6-4-3-5-7-11/h3-10,20H,18H2,1-2H3/b9-8+. The van der Waals surface area contributed by atoms with Crippen molar-refractivity contribution in [1.29, 1.82) is 0 Å². The Hall–Kier alpha value is -2.62. The second kappa shape index (κ2) is 5.79. The fourth-order valence-electron chi connectivity index (χ4n) is 2.19. The molecule has 0 atom stereocenters. The SMILES string of the molecule is CC(C)C1=C(O)C(N)=C(/C=C/c2ccccc2)C(=O)C1=O. The Balaban J connectivity index is 2.46. The van der Waals surface area contributed by atoms with Crippen molar-refractivity contribution in [3.05, 3.63) is 64.6 Å². The summed E-state index contributed by atoms with van der Waals surface area (Å²) in [5.41, 5.74) is 6.75. The van der Waals surface area contributed by atoms with E-state index in [4.69, 9.17) is 5.73 Å². The van der Waals surface area contributed by atoms with Crippen LogP contribution in [0, 0.1) is 5.92 Å². The van der Waals surface area contributed by atoms with Crippen molar-refractivity contribution in [1.82, 2.24) is 0 Å². The molecule has 3 N–H and O–H groups in total. The highest BCUT2D eigenvalue weighted by molar-refractivity contribution is 6.51. The number of nitrogens with two attached hydrogens (primary N) is 1. The van der Waals surface area contributed by atoms with Gasteiger partial charge in [-0.25, -0.2) is 0 Å². The number of Topliss-reactive ketones (excluding diaryl/α,β-unsaturated/α-hetero) is 2. The summed E-state index contributed by atoms with van der Waals surface area (Å²) in [6.45, 7) is 3.46. The quantitative estimate of drug-likeness (QED) is 0.660. The van der Waals surface area contributed by atoms with Crippen molar-refractivity contribution in [3.63, 3.8) is 0 Å². The van der Waals surface area contributed by atoms with E-state index in [9.17, 15) is 14.7 Å². The highest BCUT2D eigenvalue weighted by Gasteiger charge is 2.34. The third-order valence-corrected chi connectivity index (χ3v) is 3.32. The van der Waals surface area contributed by atoms with Crippen LogP contribution in [0.25, 0.3) is 6.08 Å². The molecule has 1 aliphatic carbocycles. The summed E-state index contributed by atoms with van der Waals surface area (Å²) < 4.78 is 0. The summed E-state index contributed by atoms with van der Waals surface area (Å²) in [5, 5.41) is 10.1. The maximum Gasteiger partial charge on any atom is 0.235 e. The van der Waals surface area contributed by atoms with Gasteiger partial charge in [0.05, 0.1) is 16.8 Å². The Morgan fingerprint density at radius 2 is 1.67 bits per heavy atom. The number of aliphatic hydroxyl groups excluding tert-OH is 1. The second-order valence-corrected chi connectivity index (χ2v) is 5.15. The third-order valence-electron chi connectivity index (χ3n) is 3.32. The van der Waals surface area contributed by atoms with Gasteiger partial charge in [-0.3, -0.25) is 9.59 Å². The lowest BCUT2D eigenvalue weighted by Crippen LogP contribution is -2.30. The summed E-state index contributed by atoms with van der Waals surface area (Å²) >= 11 is 0. The molecule has 1 aliphatic rings. The van der Waals surface area contributed by atoms with Crippen molar-refractivity contribution in [2.75, 3.05) is 0 Å². The van der Waals surface area contributed by atoms with Crippen LogP contribution in [0.15, 0.2) is 59.0 Å². The lowest BCUT2D eigenvalue weighted by atomic mass is 9.86. The molecule has 108 valence electrons. The van der Waals surface area contributed by atoms with E-state index in [-0.39, 0.29) is 28.5 Å². The van der Waals surface area contributed by atoms with Crippen LogP contribution in [0.1, 0.15) is 19.4 Å². The number of hydrogen-bond acceptors (Lipinski definition) is 4. The molecule has 0 heterocycles. The molecule has 0 amide bonds. The van der Waals surface area contributed by atoms with Gasteiger partial charge in [0, 0.05) is 0 Å². The summed E-state index contributed by atoms with van der Waals surface area (Å²) in [5.74, 6) is -1.92. The number of carbonyl (C=O) groups is 2. The first-order chi connectivity index (χ1) is 9.93. The largest absolute Gasteiger partial charge is 0.505 e. The minimum Gasteiger partial charge on any atom is -0.505 e. The maximum absolute atomic E-state index is 12.1. The van der Waals surface area contributed by atoms with Gasteiger partial charge in [-0.1, -0.05) is 50.3 Å². The molecule has 0 fully saturated rings. The van der Waals surface area contributed by atoms with Gasteiger partial charge in [0.2, 0.25) is 11.6 Å². The number of aliphatic hydroxyl groups is 1. The fourth-order valence-corrected chi connectivity index (χ4v) is 2.19. The minimum absolute atomic E-state index is 0.0331. The van der Waals surface area contributed by atoms with Gasteiger partial charge in [0.25, 0.3) is 0 Å². The monoisotopic (exact) mass is 283 g/mol. The van der Waals surface area contributed by atoms with E-state index in [2.05, 4.69) is 0 Å². The van der Waals surface area contributed by atoms with Crippen LogP contribution in [-0.4, -0.2) is 16.7 Å². The van der Waals surface area contributed by atoms with Crippen molar-refractivity contribution in [2.45, 2.75) is 13.8 Å². The Kier molecular flexibility index (Phi) is 4.08. The molecular formula is C17H17NO3. The van der Waals surface area contributed by atoms with Crippen molar-refractivity contribution in [2.24, 2.45) is 11.7 Å². The van der Waals surface area contributed by atoms with Crippen LogP contribution in [0.5, 0.6) is 0 Å². The lowest BCUT2D eigenvalue weighted by Gasteiger charge is -2.19. The molecule has 0 saturated carbocycles. The van der Waals surface area contributed by atoms with Gasteiger partial charge in [-0.2, -0.15) is 0 Å². The van der Waals surface area contributed by atoms with E-state index in [1.165, 1.54) is 6.08 Å². The zero-order valence-electron chi connectivity index (χ0n) is 12.0. The second-order valence-electron chi connectivity index (χ2n) is 5.15. The molecule has 0 aliphatic heterocycles. The van der Waals surface area contributed by atoms with Gasteiger partial charge in [0.15, 0.2) is 0 Å². The van der Waals surface area contributed by atoms with Crippen molar-refractivity contribution >= 4 is 17.6 Å². The summed E-state index contributed by atoms with van der Waals surface area (Å²) in [6.07, 6.45) is 3.15. The molecule has 2 rings (SSSR count). The predicted octanol–water partition coefficient (Wildman–Crippen LogP) is 2.53. The molecule has 1 aromatic carbocycles. The number of hydrogen-bond donors (Lipinski definition) is 2. The average Bonchev–Trinajstić information content (AvgIpc) is 2.46. The molecule has 0 saturated heterocycles. The van der Waals surface area contributed by atoms with Crippen LogP contribution >= 0.6 is 0 Å². The first-order valence-corrected chi connectivity index (χ1v) is 6.69. The van der Waals surface area contributed by atoms with Crippen molar-refractivity contribution < 1.29 is 14.7 Å². The molecule has 4 nitrogen and oxygen atoms in total. The lowest BCUT2D eigenvalue weighted by molar-refractivity contribution is -0.132. The number of allylic oxidation sites excluding steroid dienone is 3. The first kappa shape index (κ1) is 14.8. The van der Waals surface area contributed by atoms with Gasteiger partial charge >= 0.3 is 0 Å². The Morgan fingerprint density at radius 1 is 1.05 bits per heavy atom. The van der Waals surface area contributed by atoms with Gasteiger partial charge in [0.1, 0.15) is 5.76 Å². The van der Waals surface area contributed by atoms with Gasteiger partial charge in [-0.15, -0.1) is 0 Å². The minimum atomic E-state index is -0.690. The smallest absolute Gasteiger partial charge is 0.235 e. The third kappa shape index (κ3) is 2.79. The Bertz CT molecular complexity index is 679. The van der Waals surface area contributed by atoms with Crippen LogP contribution in [0.2, 0.25) is 0 Å².